The van der Waals surface area contributed by atoms with E-state index in [0.29, 0.717) is 30.0 Å². The van der Waals surface area contributed by atoms with Crippen molar-refractivity contribution in [2.45, 2.75) is 63.1 Å². The third-order valence-corrected chi connectivity index (χ3v) is 8.67. The third-order valence-electron chi connectivity index (χ3n) is 7.80. The van der Waals surface area contributed by atoms with Gasteiger partial charge in [0, 0.05) is 34.9 Å². The highest BCUT2D eigenvalue weighted by Crippen LogP contribution is 2.66. The normalized spacial score (nSPS) is 47.3. The number of ketones is 2. The lowest BCUT2D eigenvalue weighted by Gasteiger charge is -2.58. The van der Waals surface area contributed by atoms with Crippen LogP contribution in [0.5, 0.6) is 0 Å². The Morgan fingerprint density at radius 3 is 2.79 bits per heavy atom. The van der Waals surface area contributed by atoms with E-state index in [1.807, 2.05) is 6.08 Å². The average molecular weight is 389 g/mol. The van der Waals surface area contributed by atoms with Crippen LogP contribution in [0.2, 0.25) is 0 Å². The minimum absolute atomic E-state index is 0.0211. The number of rotatable bonds is 1. The Kier molecular flexibility index (Phi) is 3.84. The summed E-state index contributed by atoms with van der Waals surface area (Å²) in [5, 5.41) is 0. The second-order valence-corrected chi connectivity index (χ2v) is 9.71. The molecule has 128 valence electrons. The maximum absolute atomic E-state index is 12.5. The molecule has 0 radical (unpaired) electrons. The summed E-state index contributed by atoms with van der Waals surface area (Å²) >= 11 is 3.88. The average Bonchev–Trinajstić information content (AvgIpc) is 2.85. The van der Waals surface area contributed by atoms with Crippen molar-refractivity contribution in [3.8, 4) is 12.3 Å². The lowest BCUT2D eigenvalue weighted by atomic mass is 9.46. The molecule has 3 heteroatoms. The van der Waals surface area contributed by atoms with Gasteiger partial charge in [-0.1, -0.05) is 22.9 Å². The molecule has 6 atom stereocenters. The molecule has 4 rings (SSSR count). The molecule has 0 spiro atoms. The largest absolute Gasteiger partial charge is 0.299 e. The third kappa shape index (κ3) is 2.08. The van der Waals surface area contributed by atoms with E-state index in [4.69, 9.17) is 6.42 Å². The van der Waals surface area contributed by atoms with E-state index in [0.717, 1.165) is 44.9 Å². The summed E-state index contributed by atoms with van der Waals surface area (Å²) in [4.78, 5) is 24.8. The summed E-state index contributed by atoms with van der Waals surface area (Å²) in [5.74, 6) is 5.24. The SMILES string of the molecule is C#CC[C@]12CCC(=O)C=C1[C@H](Br)C[C@@H]1[C@@H]2CC[C@]2(C)C(=O)CC[C@@H]12. The summed E-state index contributed by atoms with van der Waals surface area (Å²) in [6, 6.07) is 0. The Balaban J connectivity index is 1.79. The molecule has 4 aliphatic rings. The smallest absolute Gasteiger partial charge is 0.155 e. The highest BCUT2D eigenvalue weighted by Gasteiger charge is 2.61. The molecule has 0 aromatic heterocycles. The highest BCUT2D eigenvalue weighted by molar-refractivity contribution is 9.09. The Morgan fingerprint density at radius 2 is 2.04 bits per heavy atom. The van der Waals surface area contributed by atoms with Gasteiger partial charge in [0.2, 0.25) is 0 Å². The predicted molar refractivity (Wildman–Crippen MR) is 97.6 cm³/mol. The van der Waals surface area contributed by atoms with Crippen LogP contribution in [0.15, 0.2) is 11.6 Å². The fourth-order valence-electron chi connectivity index (χ4n) is 6.62. The molecule has 0 aliphatic heterocycles. The zero-order valence-corrected chi connectivity index (χ0v) is 15.9. The number of hydrogen-bond donors (Lipinski definition) is 0. The predicted octanol–water partition coefficient (Wildman–Crippen LogP) is 4.46. The van der Waals surface area contributed by atoms with E-state index in [2.05, 4.69) is 28.8 Å². The van der Waals surface area contributed by atoms with Crippen molar-refractivity contribution in [2.75, 3.05) is 0 Å². The van der Waals surface area contributed by atoms with Crippen LogP contribution in [0, 0.1) is 40.9 Å². The van der Waals surface area contributed by atoms with Crippen LogP contribution in [-0.2, 0) is 9.59 Å². The molecule has 0 heterocycles. The molecule has 0 saturated heterocycles. The first-order valence-corrected chi connectivity index (χ1v) is 10.2. The number of alkyl halides is 1. The number of halogens is 1. The quantitative estimate of drug-likeness (QED) is 0.490. The Morgan fingerprint density at radius 1 is 1.25 bits per heavy atom. The second kappa shape index (κ2) is 5.56. The maximum Gasteiger partial charge on any atom is 0.155 e. The minimum atomic E-state index is -0.114. The molecule has 0 N–H and O–H groups in total. The molecule has 0 bridgehead atoms. The fourth-order valence-corrected chi connectivity index (χ4v) is 7.64. The molecule has 4 aliphatic carbocycles. The van der Waals surface area contributed by atoms with Gasteiger partial charge in [0.15, 0.2) is 5.78 Å². The molecule has 0 unspecified atom stereocenters. The molecule has 0 amide bonds. The molecule has 0 aromatic rings. The van der Waals surface area contributed by atoms with Gasteiger partial charge in [0.1, 0.15) is 5.78 Å². The van der Waals surface area contributed by atoms with Crippen LogP contribution in [0.25, 0.3) is 0 Å². The second-order valence-electron chi connectivity index (χ2n) is 8.60. The van der Waals surface area contributed by atoms with E-state index in [-0.39, 0.29) is 21.4 Å². The van der Waals surface area contributed by atoms with Crippen LogP contribution >= 0.6 is 15.9 Å². The van der Waals surface area contributed by atoms with E-state index >= 15 is 0 Å². The molecule has 24 heavy (non-hydrogen) atoms. The van der Waals surface area contributed by atoms with Crippen molar-refractivity contribution in [3.63, 3.8) is 0 Å². The van der Waals surface area contributed by atoms with Crippen molar-refractivity contribution >= 4 is 27.5 Å². The molecule has 2 nitrogen and oxygen atoms in total. The Hall–Kier alpha value is -0.880. The van der Waals surface area contributed by atoms with E-state index in [9.17, 15) is 9.59 Å². The van der Waals surface area contributed by atoms with Crippen LogP contribution in [0.4, 0.5) is 0 Å². The zero-order chi connectivity index (χ0) is 17.1. The first-order valence-electron chi connectivity index (χ1n) is 9.28. The summed E-state index contributed by atoms with van der Waals surface area (Å²) in [6.45, 7) is 2.20. The summed E-state index contributed by atoms with van der Waals surface area (Å²) < 4.78 is 0. The van der Waals surface area contributed by atoms with E-state index in [1.165, 1.54) is 5.57 Å². The van der Waals surface area contributed by atoms with Gasteiger partial charge in [0.05, 0.1) is 0 Å². The van der Waals surface area contributed by atoms with Gasteiger partial charge in [-0.2, -0.15) is 0 Å². The van der Waals surface area contributed by atoms with Gasteiger partial charge in [0.25, 0.3) is 0 Å². The number of allylic oxidation sites excluding steroid dienone is 1. The molecular weight excluding hydrogens is 364 g/mol. The first kappa shape index (κ1) is 16.6. The van der Waals surface area contributed by atoms with Gasteiger partial charge in [-0.25, -0.2) is 0 Å². The molecule has 3 saturated carbocycles. The van der Waals surface area contributed by atoms with Crippen LogP contribution in [-0.4, -0.2) is 16.4 Å². The standard InChI is InChI=1S/C21H25BrO2/c1-3-8-21-10-6-13(23)11-17(21)18(22)12-14-15-4-5-19(24)20(15,2)9-7-16(14)21/h1,11,14-16,18H,4-10,12H2,2H3/t14-,15-,16-,18+,20-,21+/m0/s1. The molecular formula is C21H25BrO2. The van der Waals surface area contributed by atoms with Crippen LogP contribution < -0.4 is 0 Å². The van der Waals surface area contributed by atoms with Gasteiger partial charge in [-0.3, -0.25) is 9.59 Å². The Labute approximate surface area is 153 Å². The summed E-state index contributed by atoms with van der Waals surface area (Å²) in [7, 11) is 0. The van der Waals surface area contributed by atoms with Crippen LogP contribution in [0.1, 0.15) is 58.3 Å². The summed E-state index contributed by atoms with van der Waals surface area (Å²) in [6.07, 6.45) is 14.8. The van der Waals surface area contributed by atoms with E-state index < -0.39 is 0 Å². The lowest BCUT2D eigenvalue weighted by Crippen LogP contribution is -2.54. The number of carbonyl (C=O) groups excluding carboxylic acids is 2. The number of hydrogen-bond acceptors (Lipinski definition) is 2. The number of fused-ring (bicyclic) bond motifs is 5. The van der Waals surface area contributed by atoms with Crippen molar-refractivity contribution in [1.82, 2.24) is 0 Å². The summed E-state index contributed by atoms with van der Waals surface area (Å²) in [5.41, 5.74) is 1.12. The van der Waals surface area contributed by atoms with Crippen molar-refractivity contribution < 1.29 is 9.59 Å². The zero-order valence-electron chi connectivity index (χ0n) is 14.3. The van der Waals surface area contributed by atoms with Gasteiger partial charge in [-0.05, 0) is 61.5 Å². The maximum atomic E-state index is 12.5. The van der Waals surface area contributed by atoms with Gasteiger partial charge in [-0.15, -0.1) is 12.3 Å². The minimum Gasteiger partial charge on any atom is -0.299 e. The number of Topliss-reactive ketones (excluding diaryl/α,β-unsaturated/α-hetero) is 1. The van der Waals surface area contributed by atoms with Crippen molar-refractivity contribution in [1.29, 1.82) is 0 Å². The Bertz CT molecular complexity index is 672. The topological polar surface area (TPSA) is 34.1 Å². The van der Waals surface area contributed by atoms with Crippen molar-refractivity contribution in [2.24, 2.45) is 28.6 Å². The van der Waals surface area contributed by atoms with Crippen LogP contribution in [0.3, 0.4) is 0 Å². The highest BCUT2D eigenvalue weighted by atomic mass is 79.9. The number of terminal acetylenes is 1. The number of carbonyl (C=O) groups is 2. The van der Waals surface area contributed by atoms with Gasteiger partial charge < -0.3 is 0 Å². The molecule has 0 aromatic carbocycles. The monoisotopic (exact) mass is 388 g/mol. The fraction of sp³-hybridized carbons (Fsp3) is 0.714. The van der Waals surface area contributed by atoms with Crippen molar-refractivity contribution in [3.05, 3.63) is 11.6 Å². The van der Waals surface area contributed by atoms with E-state index in [1.54, 1.807) is 0 Å². The van der Waals surface area contributed by atoms with Gasteiger partial charge >= 0.3 is 0 Å². The molecule has 3 fully saturated rings. The first-order chi connectivity index (χ1) is 11.4. The lowest BCUT2D eigenvalue weighted by molar-refractivity contribution is -0.132.